The predicted octanol–water partition coefficient (Wildman–Crippen LogP) is -0.446. The molecule has 0 fully saturated rings. The van der Waals surface area contributed by atoms with E-state index in [0.717, 1.165) is 25.3 Å². The summed E-state index contributed by atoms with van der Waals surface area (Å²) in [6.07, 6.45) is 2.70. The van der Waals surface area contributed by atoms with E-state index in [9.17, 15) is 22.6 Å². The van der Waals surface area contributed by atoms with E-state index in [0.29, 0.717) is 6.54 Å². The predicted molar refractivity (Wildman–Crippen MR) is 100 cm³/mol. The number of fused-ring (bicyclic) bond motifs is 2. The smallest absolute Gasteiger partial charge is 0.744 e. The second-order valence-corrected chi connectivity index (χ2v) is 7.73. The van der Waals surface area contributed by atoms with Crippen LogP contribution in [-0.4, -0.2) is 31.1 Å². The Balaban J connectivity index is 0.00000280. The Bertz CT molecular complexity index is 1050. The maximum atomic E-state index is 13.0. The minimum atomic E-state index is -4.92. The fraction of sp³-hybridized carbons (Fsp3) is 0.263. The van der Waals surface area contributed by atoms with Gasteiger partial charge in [0.05, 0.1) is 21.7 Å². The van der Waals surface area contributed by atoms with E-state index >= 15 is 0 Å². The molecular weight excluding hydrogens is 391 g/mol. The number of anilines is 2. The summed E-state index contributed by atoms with van der Waals surface area (Å²) in [4.78, 5) is 25.2. The summed E-state index contributed by atoms with van der Waals surface area (Å²) < 4.78 is 34.9. The number of nitrogens with two attached hydrogens (primary N) is 1. The van der Waals surface area contributed by atoms with Crippen LogP contribution in [0.5, 0.6) is 0 Å². The van der Waals surface area contributed by atoms with Crippen LogP contribution in [0.3, 0.4) is 0 Å². The molecule has 0 bridgehead atoms. The van der Waals surface area contributed by atoms with Crippen LogP contribution in [0.2, 0.25) is 0 Å². The molecular formula is C19H19N2NaO5S. The van der Waals surface area contributed by atoms with Crippen molar-refractivity contribution in [2.24, 2.45) is 0 Å². The van der Waals surface area contributed by atoms with Crippen LogP contribution in [0.4, 0.5) is 11.4 Å². The first kappa shape index (κ1) is 22.6. The normalized spacial score (nSPS) is 12.8. The van der Waals surface area contributed by atoms with Gasteiger partial charge in [-0.05, 0) is 12.5 Å². The number of unbranched alkanes of at least 4 members (excludes halogenated alkanes) is 2. The van der Waals surface area contributed by atoms with E-state index in [1.165, 1.54) is 12.1 Å². The summed E-state index contributed by atoms with van der Waals surface area (Å²) in [5, 5.41) is 3.00. The van der Waals surface area contributed by atoms with Crippen molar-refractivity contribution in [3.8, 4) is 0 Å². The number of nitrogen functional groups attached to an aromatic ring is 1. The van der Waals surface area contributed by atoms with E-state index in [4.69, 9.17) is 5.73 Å². The molecule has 0 radical (unpaired) electrons. The molecule has 1 aliphatic rings. The number of nitrogens with one attached hydrogen (secondary N) is 1. The van der Waals surface area contributed by atoms with E-state index < -0.39 is 32.3 Å². The van der Waals surface area contributed by atoms with Crippen molar-refractivity contribution >= 4 is 33.1 Å². The number of hydrogen-bond acceptors (Lipinski definition) is 7. The minimum Gasteiger partial charge on any atom is -0.744 e. The quantitative estimate of drug-likeness (QED) is 0.244. The maximum absolute atomic E-state index is 13.0. The van der Waals surface area contributed by atoms with Crippen LogP contribution >= 0.6 is 0 Å². The van der Waals surface area contributed by atoms with E-state index in [1.54, 1.807) is 12.1 Å². The first-order valence-corrected chi connectivity index (χ1v) is 10.0. The van der Waals surface area contributed by atoms with E-state index in [2.05, 4.69) is 5.32 Å². The van der Waals surface area contributed by atoms with Gasteiger partial charge >= 0.3 is 29.6 Å². The van der Waals surface area contributed by atoms with Crippen LogP contribution in [0, 0.1) is 0 Å². The molecule has 3 N–H and O–H groups in total. The van der Waals surface area contributed by atoms with Gasteiger partial charge in [0.25, 0.3) is 0 Å². The second-order valence-electron chi connectivity index (χ2n) is 6.38. The molecule has 0 aliphatic heterocycles. The molecule has 1 aliphatic carbocycles. The van der Waals surface area contributed by atoms with E-state index in [1.807, 2.05) is 6.92 Å². The molecule has 0 aromatic heterocycles. The Morgan fingerprint density at radius 2 is 1.61 bits per heavy atom. The molecule has 0 amide bonds. The average Bonchev–Trinajstić information content (AvgIpc) is 2.63. The zero-order valence-corrected chi connectivity index (χ0v) is 18.6. The summed E-state index contributed by atoms with van der Waals surface area (Å²) in [5.41, 5.74) is 5.67. The number of benzene rings is 2. The fourth-order valence-corrected chi connectivity index (χ4v) is 3.87. The van der Waals surface area contributed by atoms with Crippen molar-refractivity contribution in [1.29, 1.82) is 0 Å². The molecule has 0 unspecified atom stereocenters. The van der Waals surface area contributed by atoms with Gasteiger partial charge in [0.1, 0.15) is 10.1 Å². The summed E-state index contributed by atoms with van der Waals surface area (Å²) in [6.45, 7) is 2.50. The standard InChI is InChI=1S/C19H20N2O5S.Na/c1-2-3-6-9-21-13-10-14(27(24,25)26)17(20)16-15(13)18(22)11-7-4-5-8-12(11)19(16)23;/h4-5,7-8,10,21H,2-3,6,9,20H2,1H3,(H,24,25,26);/q;+1/p-1. The Morgan fingerprint density at radius 1 is 1.04 bits per heavy atom. The van der Waals surface area contributed by atoms with Crippen molar-refractivity contribution in [2.45, 2.75) is 31.1 Å². The molecule has 0 saturated carbocycles. The molecule has 7 nitrogen and oxygen atoms in total. The second kappa shape index (κ2) is 8.75. The summed E-state index contributed by atoms with van der Waals surface area (Å²) >= 11 is 0. The third-order valence-electron chi connectivity index (χ3n) is 4.57. The maximum Gasteiger partial charge on any atom is 1.00 e. The number of carbonyl (C=O) groups excluding carboxylic acids is 2. The minimum absolute atomic E-state index is 0. The zero-order chi connectivity index (χ0) is 19.8. The van der Waals surface area contributed by atoms with Crippen molar-refractivity contribution < 1.29 is 52.1 Å². The van der Waals surface area contributed by atoms with Gasteiger partial charge in [-0.25, -0.2) is 8.42 Å². The van der Waals surface area contributed by atoms with Crippen molar-refractivity contribution in [3.63, 3.8) is 0 Å². The van der Waals surface area contributed by atoms with Crippen LogP contribution in [-0.2, 0) is 10.1 Å². The molecule has 0 atom stereocenters. The molecule has 2 aromatic carbocycles. The van der Waals surface area contributed by atoms with Crippen LogP contribution in [0.1, 0.15) is 58.0 Å². The molecule has 9 heteroatoms. The zero-order valence-electron chi connectivity index (χ0n) is 15.7. The molecule has 3 rings (SSSR count). The third kappa shape index (κ3) is 4.01. The fourth-order valence-electron chi connectivity index (χ4n) is 3.24. The number of ketones is 2. The van der Waals surface area contributed by atoms with Crippen molar-refractivity contribution in [1.82, 2.24) is 0 Å². The average molecular weight is 410 g/mol. The monoisotopic (exact) mass is 410 g/mol. The third-order valence-corrected chi connectivity index (χ3v) is 5.44. The summed E-state index contributed by atoms with van der Waals surface area (Å²) in [7, 11) is -4.92. The SMILES string of the molecule is CCCCCNc1cc(S(=O)(=O)[O-])c(N)c2c1C(=O)c1ccccc1C2=O.[Na+]. The summed E-state index contributed by atoms with van der Waals surface area (Å²) in [5.74, 6) is -1.00. The van der Waals surface area contributed by atoms with Gasteiger partial charge in [0.15, 0.2) is 11.6 Å². The Hall–Kier alpha value is -1.71. The van der Waals surface area contributed by atoms with Gasteiger partial charge in [0.2, 0.25) is 0 Å². The van der Waals surface area contributed by atoms with Gasteiger partial charge in [-0.2, -0.15) is 0 Å². The largest absolute Gasteiger partial charge is 1.00 e. The molecule has 2 aromatic rings. The Kier molecular flexibility index (Phi) is 7.06. The first-order chi connectivity index (χ1) is 12.8. The topological polar surface area (TPSA) is 129 Å². The number of carbonyl (C=O) groups is 2. The van der Waals surface area contributed by atoms with Crippen molar-refractivity contribution in [2.75, 3.05) is 17.6 Å². The molecule has 0 heterocycles. The van der Waals surface area contributed by atoms with Crippen LogP contribution in [0.25, 0.3) is 0 Å². The molecule has 142 valence electrons. The van der Waals surface area contributed by atoms with Gasteiger partial charge in [-0.15, -0.1) is 0 Å². The van der Waals surface area contributed by atoms with Gasteiger partial charge < -0.3 is 15.6 Å². The molecule has 0 saturated heterocycles. The van der Waals surface area contributed by atoms with Crippen molar-refractivity contribution in [3.05, 3.63) is 52.6 Å². The summed E-state index contributed by atoms with van der Waals surface area (Å²) in [6, 6.07) is 7.31. The van der Waals surface area contributed by atoms with Crippen LogP contribution < -0.4 is 40.6 Å². The first-order valence-electron chi connectivity index (χ1n) is 8.62. The van der Waals surface area contributed by atoms with E-state index in [-0.39, 0.29) is 57.5 Å². The Labute approximate surface area is 185 Å². The van der Waals surface area contributed by atoms with Gasteiger partial charge in [-0.1, -0.05) is 44.0 Å². The number of hydrogen-bond donors (Lipinski definition) is 2. The van der Waals surface area contributed by atoms with Gasteiger partial charge in [-0.3, -0.25) is 9.59 Å². The number of rotatable bonds is 6. The molecule has 0 spiro atoms. The Morgan fingerprint density at radius 3 is 2.14 bits per heavy atom. The van der Waals surface area contributed by atoms with Gasteiger partial charge in [0, 0.05) is 23.4 Å². The molecule has 28 heavy (non-hydrogen) atoms. The van der Waals surface area contributed by atoms with Crippen LogP contribution in [0.15, 0.2) is 35.2 Å².